The maximum Gasteiger partial charge on any atom is 0.236 e. The average Bonchev–Trinajstić information content (AvgIpc) is 3.38. The Kier molecular flexibility index (Phi) is 4.69. The SMILES string of the molecule is Cc1oc(-c2cccs2)nc1CN(C)Cc1cc(-c2ccccc2)on1. The van der Waals surface area contributed by atoms with E-state index in [9.17, 15) is 0 Å². The quantitative estimate of drug-likeness (QED) is 0.481. The minimum absolute atomic E-state index is 0.678. The lowest BCUT2D eigenvalue weighted by Gasteiger charge is -2.13. The molecule has 0 bridgehead atoms. The highest BCUT2D eigenvalue weighted by molar-refractivity contribution is 7.13. The molecule has 0 radical (unpaired) electrons. The highest BCUT2D eigenvalue weighted by atomic mass is 32.1. The Morgan fingerprint density at radius 2 is 1.92 bits per heavy atom. The van der Waals surface area contributed by atoms with E-state index in [0.717, 1.165) is 33.3 Å². The molecule has 132 valence electrons. The van der Waals surface area contributed by atoms with E-state index in [1.165, 1.54) is 0 Å². The molecule has 0 fully saturated rings. The van der Waals surface area contributed by atoms with Gasteiger partial charge in [0, 0.05) is 24.7 Å². The number of rotatable bonds is 6. The van der Waals surface area contributed by atoms with Gasteiger partial charge in [0.15, 0.2) is 5.76 Å². The van der Waals surface area contributed by atoms with Gasteiger partial charge in [-0.15, -0.1) is 11.3 Å². The number of aryl methyl sites for hydroxylation is 1. The molecule has 4 aromatic rings. The van der Waals surface area contributed by atoms with Crippen LogP contribution in [0.15, 0.2) is 62.9 Å². The van der Waals surface area contributed by atoms with Crippen molar-refractivity contribution in [3.8, 4) is 22.1 Å². The minimum Gasteiger partial charge on any atom is -0.440 e. The fraction of sp³-hybridized carbons (Fsp3) is 0.200. The minimum atomic E-state index is 0.678. The summed E-state index contributed by atoms with van der Waals surface area (Å²) in [5, 5.41) is 6.21. The second-order valence-electron chi connectivity index (χ2n) is 6.22. The molecule has 0 spiro atoms. The van der Waals surface area contributed by atoms with Crippen LogP contribution in [0.2, 0.25) is 0 Å². The Labute approximate surface area is 155 Å². The number of oxazole rings is 1. The number of hydrogen-bond acceptors (Lipinski definition) is 6. The van der Waals surface area contributed by atoms with E-state index in [1.807, 2.05) is 67.9 Å². The summed E-state index contributed by atoms with van der Waals surface area (Å²) in [5.41, 5.74) is 2.87. The number of thiophene rings is 1. The molecule has 26 heavy (non-hydrogen) atoms. The van der Waals surface area contributed by atoms with Crippen LogP contribution in [0, 0.1) is 6.92 Å². The molecule has 4 rings (SSSR count). The first-order valence-electron chi connectivity index (χ1n) is 8.39. The molecule has 0 saturated heterocycles. The van der Waals surface area contributed by atoms with Crippen LogP contribution in [0.1, 0.15) is 17.1 Å². The highest BCUT2D eigenvalue weighted by Crippen LogP contribution is 2.26. The third-order valence-electron chi connectivity index (χ3n) is 4.09. The summed E-state index contributed by atoms with van der Waals surface area (Å²) < 4.78 is 11.3. The van der Waals surface area contributed by atoms with Crippen molar-refractivity contribution in [3.05, 3.63) is 71.1 Å². The molecule has 0 aliphatic rings. The van der Waals surface area contributed by atoms with E-state index < -0.39 is 0 Å². The van der Waals surface area contributed by atoms with Crippen LogP contribution in [0.5, 0.6) is 0 Å². The Morgan fingerprint density at radius 3 is 2.69 bits per heavy atom. The number of benzene rings is 1. The second kappa shape index (κ2) is 7.27. The molecule has 6 heteroatoms. The van der Waals surface area contributed by atoms with Gasteiger partial charge in [0.25, 0.3) is 0 Å². The maximum absolute atomic E-state index is 5.81. The molecule has 0 amide bonds. The lowest BCUT2D eigenvalue weighted by Crippen LogP contribution is -2.18. The van der Waals surface area contributed by atoms with Gasteiger partial charge in [0.05, 0.1) is 16.3 Å². The van der Waals surface area contributed by atoms with E-state index in [1.54, 1.807) is 11.3 Å². The van der Waals surface area contributed by atoms with Crippen LogP contribution < -0.4 is 0 Å². The van der Waals surface area contributed by atoms with E-state index >= 15 is 0 Å². The second-order valence-corrected chi connectivity index (χ2v) is 7.17. The van der Waals surface area contributed by atoms with Crippen LogP contribution >= 0.6 is 11.3 Å². The normalized spacial score (nSPS) is 11.3. The fourth-order valence-electron chi connectivity index (χ4n) is 2.79. The lowest BCUT2D eigenvalue weighted by molar-refractivity contribution is 0.299. The summed E-state index contributed by atoms with van der Waals surface area (Å²) >= 11 is 1.63. The predicted octanol–water partition coefficient (Wildman–Crippen LogP) is 5.00. The first-order valence-corrected chi connectivity index (χ1v) is 9.27. The first kappa shape index (κ1) is 16.8. The van der Waals surface area contributed by atoms with Gasteiger partial charge in [0.2, 0.25) is 5.89 Å². The Morgan fingerprint density at radius 1 is 1.08 bits per heavy atom. The van der Waals surface area contributed by atoms with Gasteiger partial charge in [0.1, 0.15) is 5.76 Å². The van der Waals surface area contributed by atoms with Crippen molar-refractivity contribution < 1.29 is 8.94 Å². The molecule has 0 aliphatic heterocycles. The molecule has 0 unspecified atom stereocenters. The summed E-state index contributed by atoms with van der Waals surface area (Å²) in [7, 11) is 2.04. The standard InChI is InChI=1S/C20H19N3O2S/c1-14-17(21-20(24-14)19-9-6-10-26-19)13-23(2)12-16-11-18(25-22-16)15-7-4-3-5-8-15/h3-11H,12-13H2,1-2H3. The van der Waals surface area contributed by atoms with Crippen LogP contribution in [-0.4, -0.2) is 22.1 Å². The molecule has 3 heterocycles. The van der Waals surface area contributed by atoms with E-state index in [4.69, 9.17) is 8.94 Å². The number of hydrogen-bond donors (Lipinski definition) is 0. The molecule has 0 aliphatic carbocycles. The maximum atomic E-state index is 5.81. The van der Waals surface area contributed by atoms with E-state index in [0.29, 0.717) is 19.0 Å². The molecule has 5 nitrogen and oxygen atoms in total. The van der Waals surface area contributed by atoms with Gasteiger partial charge < -0.3 is 8.94 Å². The molecule has 0 atom stereocenters. The first-order chi connectivity index (χ1) is 12.7. The number of aromatic nitrogens is 2. The van der Waals surface area contributed by atoms with Crippen molar-refractivity contribution in [1.82, 2.24) is 15.0 Å². The van der Waals surface area contributed by atoms with Gasteiger partial charge in [-0.25, -0.2) is 4.98 Å². The molecule has 0 N–H and O–H groups in total. The summed E-state index contributed by atoms with van der Waals surface area (Å²) in [6.07, 6.45) is 0. The molecule has 1 aromatic carbocycles. The van der Waals surface area contributed by atoms with Gasteiger partial charge >= 0.3 is 0 Å². The summed E-state index contributed by atoms with van der Waals surface area (Å²) in [5.74, 6) is 2.32. The summed E-state index contributed by atoms with van der Waals surface area (Å²) in [4.78, 5) is 7.84. The zero-order chi connectivity index (χ0) is 17.9. The van der Waals surface area contributed by atoms with Crippen LogP contribution in [0.3, 0.4) is 0 Å². The van der Waals surface area contributed by atoms with Crippen molar-refractivity contribution in [2.75, 3.05) is 7.05 Å². The zero-order valence-electron chi connectivity index (χ0n) is 14.7. The van der Waals surface area contributed by atoms with Crippen molar-refractivity contribution in [1.29, 1.82) is 0 Å². The van der Waals surface area contributed by atoms with E-state index in [-0.39, 0.29) is 0 Å². The van der Waals surface area contributed by atoms with Crippen molar-refractivity contribution in [2.45, 2.75) is 20.0 Å². The summed E-state index contributed by atoms with van der Waals surface area (Å²) in [6, 6.07) is 16.0. The van der Waals surface area contributed by atoms with E-state index in [2.05, 4.69) is 15.0 Å². The largest absolute Gasteiger partial charge is 0.440 e. The van der Waals surface area contributed by atoms with Crippen molar-refractivity contribution in [2.24, 2.45) is 0 Å². The molecule has 3 aromatic heterocycles. The van der Waals surface area contributed by atoms with Crippen molar-refractivity contribution in [3.63, 3.8) is 0 Å². The average molecular weight is 365 g/mol. The smallest absolute Gasteiger partial charge is 0.236 e. The van der Waals surface area contributed by atoms with Gasteiger partial charge in [-0.3, -0.25) is 4.90 Å². The number of nitrogens with zero attached hydrogens (tertiary/aromatic N) is 3. The highest BCUT2D eigenvalue weighted by Gasteiger charge is 2.15. The Bertz CT molecular complexity index is 974. The van der Waals surface area contributed by atoms with Gasteiger partial charge in [-0.1, -0.05) is 41.6 Å². The topological polar surface area (TPSA) is 55.3 Å². The fourth-order valence-corrected chi connectivity index (χ4v) is 3.44. The Balaban J connectivity index is 1.43. The zero-order valence-corrected chi connectivity index (χ0v) is 15.5. The van der Waals surface area contributed by atoms with Crippen molar-refractivity contribution >= 4 is 11.3 Å². The summed E-state index contributed by atoms with van der Waals surface area (Å²) in [6.45, 7) is 3.32. The van der Waals surface area contributed by atoms with Gasteiger partial charge in [-0.05, 0) is 25.4 Å². The third kappa shape index (κ3) is 3.61. The van der Waals surface area contributed by atoms with Gasteiger partial charge in [-0.2, -0.15) is 0 Å². The Hall–Kier alpha value is -2.70. The van der Waals surface area contributed by atoms with Crippen LogP contribution in [-0.2, 0) is 13.1 Å². The molecular formula is C20H19N3O2S. The monoisotopic (exact) mass is 365 g/mol. The third-order valence-corrected chi connectivity index (χ3v) is 4.95. The van der Waals surface area contributed by atoms with Crippen LogP contribution in [0.4, 0.5) is 0 Å². The molecular weight excluding hydrogens is 346 g/mol. The predicted molar refractivity (Wildman–Crippen MR) is 102 cm³/mol. The van der Waals surface area contributed by atoms with Crippen LogP contribution in [0.25, 0.3) is 22.1 Å². The lowest BCUT2D eigenvalue weighted by atomic mass is 10.1. The molecule has 0 saturated carbocycles.